The fourth-order valence-electron chi connectivity index (χ4n) is 4.59. The van der Waals surface area contributed by atoms with Crippen molar-refractivity contribution in [1.82, 2.24) is 4.98 Å². The van der Waals surface area contributed by atoms with E-state index in [1.54, 1.807) is 0 Å². The van der Waals surface area contributed by atoms with Crippen LogP contribution in [0.2, 0.25) is 0 Å². The lowest BCUT2D eigenvalue weighted by Gasteiger charge is -2.23. The van der Waals surface area contributed by atoms with Gasteiger partial charge in [-0.15, -0.1) is 11.3 Å². The van der Waals surface area contributed by atoms with Crippen LogP contribution in [0.15, 0.2) is 30.5 Å². The standard InChI is InChI=1S/C23H30N2OS/c1-3-4-5-6-21-25-20-10-8-17-13-16(7-9-19(17)22(20)27-21)18-11-12-23(24,14-18)15(2)26/h7,9,13,18,26H,2-6,8,10-12,14,24H2,1H3/t18-,23+/m0/s1. The highest BCUT2D eigenvalue weighted by Gasteiger charge is 2.39. The maximum Gasteiger partial charge on any atom is 0.105 e. The molecule has 0 unspecified atom stereocenters. The van der Waals surface area contributed by atoms with E-state index >= 15 is 0 Å². The molecule has 0 radical (unpaired) electrons. The maximum absolute atomic E-state index is 9.83. The van der Waals surface area contributed by atoms with Crippen molar-refractivity contribution in [2.24, 2.45) is 5.73 Å². The molecule has 2 aliphatic rings. The first-order valence-corrected chi connectivity index (χ1v) is 11.1. The predicted octanol–water partition coefficient (Wildman–Crippen LogP) is 5.68. The molecule has 1 saturated carbocycles. The summed E-state index contributed by atoms with van der Waals surface area (Å²) >= 11 is 1.89. The van der Waals surface area contributed by atoms with Gasteiger partial charge in [-0.1, -0.05) is 44.5 Å². The zero-order valence-electron chi connectivity index (χ0n) is 16.3. The van der Waals surface area contributed by atoms with Gasteiger partial charge in [0.05, 0.1) is 21.1 Å². The molecule has 27 heavy (non-hydrogen) atoms. The van der Waals surface area contributed by atoms with Crippen molar-refractivity contribution in [1.29, 1.82) is 0 Å². The first-order valence-electron chi connectivity index (χ1n) is 10.3. The van der Waals surface area contributed by atoms with Crippen LogP contribution in [-0.2, 0) is 19.3 Å². The average Bonchev–Trinajstić information content (AvgIpc) is 3.26. The van der Waals surface area contributed by atoms with Gasteiger partial charge in [0, 0.05) is 0 Å². The van der Waals surface area contributed by atoms with Gasteiger partial charge in [0.2, 0.25) is 0 Å². The van der Waals surface area contributed by atoms with E-state index in [0.29, 0.717) is 5.92 Å². The summed E-state index contributed by atoms with van der Waals surface area (Å²) in [4.78, 5) is 6.31. The lowest BCUT2D eigenvalue weighted by Crippen LogP contribution is -2.38. The maximum atomic E-state index is 9.83. The van der Waals surface area contributed by atoms with Gasteiger partial charge < -0.3 is 10.8 Å². The third-order valence-electron chi connectivity index (χ3n) is 6.34. The number of unbranched alkanes of at least 4 members (excludes halogenated alkanes) is 2. The molecule has 0 spiro atoms. The Morgan fingerprint density at radius 1 is 1.37 bits per heavy atom. The van der Waals surface area contributed by atoms with E-state index in [1.807, 2.05) is 11.3 Å². The molecular formula is C23H30N2OS. The molecule has 2 aromatic rings. The molecule has 1 fully saturated rings. The molecule has 1 aromatic carbocycles. The Morgan fingerprint density at radius 3 is 2.96 bits per heavy atom. The lowest BCUT2D eigenvalue weighted by molar-refractivity contribution is 0.297. The Balaban J connectivity index is 1.55. The largest absolute Gasteiger partial charge is 0.511 e. The van der Waals surface area contributed by atoms with Gasteiger partial charge in [-0.05, 0) is 67.6 Å². The van der Waals surface area contributed by atoms with Crippen molar-refractivity contribution in [3.8, 4) is 10.4 Å². The Labute approximate surface area is 166 Å². The summed E-state index contributed by atoms with van der Waals surface area (Å²) in [6, 6.07) is 6.94. The first kappa shape index (κ1) is 18.7. The molecule has 0 saturated heterocycles. The third-order valence-corrected chi connectivity index (χ3v) is 7.53. The Kier molecular flexibility index (Phi) is 5.13. The summed E-state index contributed by atoms with van der Waals surface area (Å²) in [6.45, 7) is 5.93. The molecule has 0 amide bonds. The van der Waals surface area contributed by atoms with Gasteiger partial charge >= 0.3 is 0 Å². The number of nitrogens with zero attached hydrogens (tertiary/aromatic N) is 1. The van der Waals surface area contributed by atoms with E-state index in [4.69, 9.17) is 10.7 Å². The smallest absolute Gasteiger partial charge is 0.105 e. The summed E-state index contributed by atoms with van der Waals surface area (Å²) in [5.74, 6) is 0.546. The van der Waals surface area contributed by atoms with Crippen molar-refractivity contribution in [2.45, 2.75) is 76.2 Å². The number of rotatable bonds is 6. The first-order chi connectivity index (χ1) is 13.0. The molecule has 1 aromatic heterocycles. The second-order valence-electron chi connectivity index (χ2n) is 8.30. The minimum Gasteiger partial charge on any atom is -0.511 e. The number of aliphatic hydroxyl groups excluding tert-OH is 1. The zero-order valence-corrected chi connectivity index (χ0v) is 17.1. The Bertz CT molecular complexity index is 856. The summed E-state index contributed by atoms with van der Waals surface area (Å²) in [6.07, 6.45) is 9.63. The second-order valence-corrected chi connectivity index (χ2v) is 9.38. The molecule has 0 bridgehead atoms. The van der Waals surface area contributed by atoms with Crippen LogP contribution in [-0.4, -0.2) is 15.6 Å². The Hall–Kier alpha value is -1.65. The highest BCUT2D eigenvalue weighted by atomic mass is 32.1. The fourth-order valence-corrected chi connectivity index (χ4v) is 5.80. The zero-order chi connectivity index (χ0) is 19.0. The van der Waals surface area contributed by atoms with Crippen molar-refractivity contribution >= 4 is 11.3 Å². The van der Waals surface area contributed by atoms with Gasteiger partial charge in [-0.2, -0.15) is 0 Å². The van der Waals surface area contributed by atoms with E-state index in [2.05, 4.69) is 31.7 Å². The van der Waals surface area contributed by atoms with Gasteiger partial charge in [-0.3, -0.25) is 0 Å². The predicted molar refractivity (Wildman–Crippen MR) is 113 cm³/mol. The van der Waals surface area contributed by atoms with Gasteiger partial charge in [0.15, 0.2) is 0 Å². The quantitative estimate of drug-likeness (QED) is 0.499. The monoisotopic (exact) mass is 382 g/mol. The molecule has 4 heteroatoms. The number of thiazole rings is 1. The molecular weight excluding hydrogens is 352 g/mol. The topological polar surface area (TPSA) is 59.1 Å². The van der Waals surface area contributed by atoms with Crippen molar-refractivity contribution in [3.05, 3.63) is 52.4 Å². The molecule has 2 aliphatic carbocycles. The van der Waals surface area contributed by atoms with Crippen LogP contribution in [0.5, 0.6) is 0 Å². The molecule has 3 nitrogen and oxygen atoms in total. The summed E-state index contributed by atoms with van der Waals surface area (Å²) in [5, 5.41) is 11.1. The number of aryl methyl sites for hydroxylation is 3. The Morgan fingerprint density at radius 2 is 2.22 bits per heavy atom. The fraction of sp³-hybridized carbons (Fsp3) is 0.522. The van der Waals surface area contributed by atoms with E-state index in [1.165, 1.54) is 51.5 Å². The minimum atomic E-state index is -0.612. The lowest BCUT2D eigenvalue weighted by atomic mass is 9.87. The van der Waals surface area contributed by atoms with Crippen molar-refractivity contribution < 1.29 is 5.11 Å². The van der Waals surface area contributed by atoms with Crippen LogP contribution in [0, 0.1) is 0 Å². The number of nitrogens with two attached hydrogens (primary N) is 1. The van der Waals surface area contributed by atoms with Crippen LogP contribution >= 0.6 is 11.3 Å². The van der Waals surface area contributed by atoms with E-state index in [9.17, 15) is 5.11 Å². The highest BCUT2D eigenvalue weighted by Crippen LogP contribution is 2.44. The van der Waals surface area contributed by atoms with E-state index in [-0.39, 0.29) is 5.76 Å². The number of fused-ring (bicyclic) bond motifs is 3. The van der Waals surface area contributed by atoms with E-state index in [0.717, 1.165) is 38.5 Å². The summed E-state index contributed by atoms with van der Waals surface area (Å²) < 4.78 is 0. The molecule has 0 aliphatic heterocycles. The number of hydrogen-bond donors (Lipinski definition) is 2. The van der Waals surface area contributed by atoms with E-state index < -0.39 is 5.54 Å². The molecule has 2 atom stereocenters. The molecule has 4 rings (SSSR count). The van der Waals surface area contributed by atoms with Crippen molar-refractivity contribution in [3.63, 3.8) is 0 Å². The van der Waals surface area contributed by atoms with Gasteiger partial charge in [0.25, 0.3) is 0 Å². The summed E-state index contributed by atoms with van der Waals surface area (Å²) in [7, 11) is 0. The number of hydrogen-bond acceptors (Lipinski definition) is 4. The number of aromatic nitrogens is 1. The third kappa shape index (κ3) is 3.57. The van der Waals surface area contributed by atoms with Crippen LogP contribution in [0.25, 0.3) is 10.4 Å². The van der Waals surface area contributed by atoms with Crippen LogP contribution in [0.3, 0.4) is 0 Å². The molecule has 3 N–H and O–H groups in total. The second kappa shape index (κ2) is 7.40. The van der Waals surface area contributed by atoms with Crippen LogP contribution < -0.4 is 5.73 Å². The number of aliphatic hydroxyl groups is 1. The van der Waals surface area contributed by atoms with Gasteiger partial charge in [0.1, 0.15) is 5.76 Å². The van der Waals surface area contributed by atoms with Crippen LogP contribution in [0.4, 0.5) is 0 Å². The van der Waals surface area contributed by atoms with Crippen molar-refractivity contribution in [2.75, 3.05) is 0 Å². The highest BCUT2D eigenvalue weighted by molar-refractivity contribution is 7.15. The SMILES string of the molecule is C=C(O)[C@@]1(N)CC[C@H](c2ccc3c(c2)CCc2nc(CCCCC)sc2-3)C1. The van der Waals surface area contributed by atoms with Gasteiger partial charge in [-0.25, -0.2) is 4.98 Å². The van der Waals surface area contributed by atoms with Crippen LogP contribution in [0.1, 0.15) is 73.2 Å². The molecule has 144 valence electrons. The normalized spacial score (nSPS) is 23.9. The number of benzene rings is 1. The minimum absolute atomic E-state index is 0.132. The summed E-state index contributed by atoms with van der Waals surface area (Å²) in [5.41, 5.74) is 11.2. The average molecular weight is 383 g/mol. The molecule has 1 heterocycles.